The summed E-state index contributed by atoms with van der Waals surface area (Å²) in [6, 6.07) is 20.9. The lowest BCUT2D eigenvalue weighted by atomic mass is 9.76. The van der Waals surface area contributed by atoms with Crippen LogP contribution in [0, 0.1) is 0 Å². The topological polar surface area (TPSA) is 115 Å². The van der Waals surface area contributed by atoms with Gasteiger partial charge in [-0.2, -0.15) is 9.78 Å². The van der Waals surface area contributed by atoms with Gasteiger partial charge in [-0.05, 0) is 53.5 Å². The van der Waals surface area contributed by atoms with Gasteiger partial charge in [0.15, 0.2) is 12.4 Å². The second-order valence-corrected chi connectivity index (χ2v) is 14.5. The van der Waals surface area contributed by atoms with E-state index in [-0.39, 0.29) is 56.1 Å². The molecule has 0 aliphatic rings. The van der Waals surface area contributed by atoms with Gasteiger partial charge in [0.2, 0.25) is 5.69 Å². The summed E-state index contributed by atoms with van der Waals surface area (Å²) in [6.07, 6.45) is 5.19. The molecule has 0 bridgehead atoms. The number of nitrogens with zero attached hydrogens (tertiary/aromatic N) is 3. The van der Waals surface area contributed by atoms with Crippen LogP contribution in [0.3, 0.4) is 0 Å². The minimum absolute atomic E-state index is 0.00300. The van der Waals surface area contributed by atoms with Crippen LogP contribution in [-0.4, -0.2) is 35.3 Å². The molecule has 2 aromatic heterocycles. The number of nitrogens with one attached hydrogen (secondary N) is 2. The Morgan fingerprint density at radius 2 is 1.56 bits per heavy atom. The van der Waals surface area contributed by atoms with Crippen LogP contribution in [0.25, 0.3) is 11.4 Å². The third-order valence-corrected chi connectivity index (χ3v) is 10.1. The molecular formula is C40H43Cl2N5O5. The molecule has 0 radical (unpaired) electrons. The highest BCUT2D eigenvalue weighted by molar-refractivity contribution is 6.38. The van der Waals surface area contributed by atoms with E-state index in [4.69, 9.17) is 32.7 Å². The predicted molar refractivity (Wildman–Crippen MR) is 205 cm³/mol. The fraction of sp³-hybridized carbons (Fsp3) is 0.300. The maximum atomic E-state index is 13.8. The number of hydrogen-bond acceptors (Lipinski definition) is 6. The van der Waals surface area contributed by atoms with Gasteiger partial charge in [-0.15, -0.1) is 0 Å². The average molecular weight is 745 g/mol. The Balaban J connectivity index is 1.37. The number of halogens is 2. The summed E-state index contributed by atoms with van der Waals surface area (Å²) in [5.41, 5.74) is 2.33. The molecule has 5 aromatic rings. The maximum Gasteiger partial charge on any atom is 0.290 e. The summed E-state index contributed by atoms with van der Waals surface area (Å²) in [7, 11) is 1.47. The Kier molecular flexibility index (Phi) is 11.5. The van der Waals surface area contributed by atoms with E-state index in [0.717, 1.165) is 23.1 Å². The van der Waals surface area contributed by atoms with Crippen LogP contribution in [0.1, 0.15) is 75.9 Å². The number of ether oxygens (including phenoxy) is 2. The quantitative estimate of drug-likeness (QED) is 0.0929. The third kappa shape index (κ3) is 8.19. The molecule has 2 heterocycles. The molecule has 52 heavy (non-hydrogen) atoms. The first kappa shape index (κ1) is 38.2. The molecule has 0 aliphatic carbocycles. The average Bonchev–Trinajstić information content (AvgIpc) is 3.44. The lowest BCUT2D eigenvalue weighted by Crippen LogP contribution is -2.37. The Morgan fingerprint density at radius 1 is 0.885 bits per heavy atom. The Bertz CT molecular complexity index is 2130. The molecule has 0 aliphatic heterocycles. The maximum absolute atomic E-state index is 13.8. The number of aromatic nitrogens is 3. The Hall–Kier alpha value is -5.06. The molecule has 0 unspecified atom stereocenters. The number of hydrogen-bond donors (Lipinski definition) is 2. The fourth-order valence-electron chi connectivity index (χ4n) is 5.53. The van der Waals surface area contributed by atoms with Crippen LogP contribution in [0.5, 0.6) is 11.5 Å². The van der Waals surface area contributed by atoms with Crippen molar-refractivity contribution < 1.29 is 23.6 Å². The Labute approximate surface area is 313 Å². The van der Waals surface area contributed by atoms with Gasteiger partial charge in [0.05, 0.1) is 29.5 Å². The second-order valence-electron chi connectivity index (χ2n) is 13.7. The van der Waals surface area contributed by atoms with Crippen molar-refractivity contribution in [2.75, 3.05) is 24.4 Å². The molecule has 0 spiro atoms. The van der Waals surface area contributed by atoms with Crippen LogP contribution in [0.4, 0.5) is 11.5 Å². The number of amides is 2. The molecule has 0 atom stereocenters. The van der Waals surface area contributed by atoms with Crippen molar-refractivity contribution in [1.82, 2.24) is 9.78 Å². The van der Waals surface area contributed by atoms with Crippen molar-refractivity contribution in [1.29, 1.82) is 0 Å². The normalized spacial score (nSPS) is 11.6. The van der Waals surface area contributed by atoms with Gasteiger partial charge in [0.1, 0.15) is 17.2 Å². The predicted octanol–water partition coefficient (Wildman–Crippen LogP) is 8.19. The molecule has 272 valence electrons. The minimum Gasteiger partial charge on any atom is -0.497 e. The van der Waals surface area contributed by atoms with E-state index in [0.29, 0.717) is 17.2 Å². The first-order valence-electron chi connectivity index (χ1n) is 17.0. The molecule has 12 heteroatoms. The van der Waals surface area contributed by atoms with Gasteiger partial charge < -0.3 is 24.7 Å². The van der Waals surface area contributed by atoms with Crippen molar-refractivity contribution in [3.05, 3.63) is 122 Å². The molecule has 0 fully saturated rings. The second kappa shape index (κ2) is 15.7. The zero-order valence-corrected chi connectivity index (χ0v) is 31.9. The van der Waals surface area contributed by atoms with Crippen molar-refractivity contribution in [3.63, 3.8) is 0 Å². The van der Waals surface area contributed by atoms with E-state index in [1.165, 1.54) is 35.4 Å². The summed E-state index contributed by atoms with van der Waals surface area (Å²) in [5, 5.41) is 10.3. The molecule has 0 saturated heterocycles. The van der Waals surface area contributed by atoms with Crippen LogP contribution >= 0.6 is 23.2 Å². The van der Waals surface area contributed by atoms with Crippen LogP contribution in [0.2, 0.25) is 10.0 Å². The van der Waals surface area contributed by atoms with Gasteiger partial charge in [-0.3, -0.25) is 14.4 Å². The summed E-state index contributed by atoms with van der Waals surface area (Å²) in [4.78, 5) is 40.5. The van der Waals surface area contributed by atoms with Gasteiger partial charge in [-0.1, -0.05) is 101 Å². The first-order chi connectivity index (χ1) is 24.7. The van der Waals surface area contributed by atoms with Crippen molar-refractivity contribution in [2.24, 2.45) is 0 Å². The lowest BCUT2D eigenvalue weighted by Gasteiger charge is -2.30. The van der Waals surface area contributed by atoms with Crippen LogP contribution in [-0.2, 0) is 15.6 Å². The van der Waals surface area contributed by atoms with E-state index in [1.54, 1.807) is 48.8 Å². The van der Waals surface area contributed by atoms with E-state index >= 15 is 0 Å². The Morgan fingerprint density at radius 3 is 2.19 bits per heavy atom. The van der Waals surface area contributed by atoms with Gasteiger partial charge in [0.25, 0.3) is 17.4 Å². The number of rotatable bonds is 13. The summed E-state index contributed by atoms with van der Waals surface area (Å²) in [6.45, 7) is 12.9. The molecule has 0 saturated carbocycles. The standard InChI is InChI=1S/C40H43Cl2N5O5/c1-8-39(3,4)26-16-17-32(29(21-26)40(5,6)9-2)52-24-33(48)43-27-15-13-14-25(20-27)37(49)44-36-35(46-18-11-10-12-19-46)38(50)47(45-36)34-30(41)22-28(51-7)23-31(34)42/h10-23H,8-9,24H2,1-7H3,(H,43,48)(H,44,45,49). The van der Waals surface area contributed by atoms with E-state index < -0.39 is 11.5 Å². The first-order valence-corrected chi connectivity index (χ1v) is 17.7. The SMILES string of the molecule is CCC(C)(C)c1ccc(OCC(=O)Nc2cccc(C(=O)Nc3nn(-c4c(Cl)cc(OC)cc4Cl)c(=O)[c-]3-[n+]3ccccc3)c2)c(C(C)(C)CC)c1. The number of methoxy groups -OCH3 is 1. The fourth-order valence-corrected chi connectivity index (χ4v) is 6.16. The van der Waals surface area contributed by atoms with Gasteiger partial charge >= 0.3 is 0 Å². The number of carbonyl (C=O) groups excluding carboxylic acids is 2. The molecular weight excluding hydrogens is 701 g/mol. The smallest absolute Gasteiger partial charge is 0.290 e. The number of carbonyl (C=O) groups is 2. The van der Waals surface area contributed by atoms with Gasteiger partial charge in [0, 0.05) is 28.9 Å². The largest absolute Gasteiger partial charge is 0.497 e. The van der Waals surface area contributed by atoms with E-state index in [9.17, 15) is 14.4 Å². The highest BCUT2D eigenvalue weighted by atomic mass is 35.5. The van der Waals surface area contributed by atoms with E-state index in [2.05, 4.69) is 69.4 Å². The molecule has 5 rings (SSSR count). The number of pyridine rings is 1. The summed E-state index contributed by atoms with van der Waals surface area (Å²) in [5.74, 6) is 0.0756. The van der Waals surface area contributed by atoms with Crippen molar-refractivity contribution in [2.45, 2.75) is 65.2 Å². The summed E-state index contributed by atoms with van der Waals surface area (Å²) >= 11 is 13.0. The van der Waals surface area contributed by atoms with E-state index in [1.807, 2.05) is 6.07 Å². The molecule has 3 aromatic carbocycles. The molecule has 2 amide bonds. The highest BCUT2D eigenvalue weighted by Crippen LogP contribution is 2.38. The molecule has 10 nitrogen and oxygen atoms in total. The third-order valence-electron chi connectivity index (χ3n) is 9.49. The van der Waals surface area contributed by atoms with Crippen molar-refractivity contribution >= 4 is 46.5 Å². The zero-order valence-electron chi connectivity index (χ0n) is 30.3. The van der Waals surface area contributed by atoms with Crippen molar-refractivity contribution in [3.8, 4) is 22.9 Å². The monoisotopic (exact) mass is 743 g/mol. The minimum atomic E-state index is -0.573. The zero-order chi connectivity index (χ0) is 37.8. The number of benzene rings is 3. The van der Waals surface area contributed by atoms with Gasteiger partial charge in [-0.25, -0.2) is 0 Å². The highest BCUT2D eigenvalue weighted by Gasteiger charge is 2.28. The van der Waals surface area contributed by atoms with Crippen LogP contribution in [0.15, 0.2) is 90.0 Å². The molecule has 2 N–H and O–H groups in total. The number of anilines is 2. The summed E-state index contributed by atoms with van der Waals surface area (Å²) < 4.78 is 13.9. The van der Waals surface area contributed by atoms with Crippen LogP contribution < -0.4 is 30.2 Å². The lowest BCUT2D eigenvalue weighted by molar-refractivity contribution is -0.595.